The van der Waals surface area contributed by atoms with Crippen molar-refractivity contribution in [3.63, 3.8) is 0 Å². The number of aromatic nitrogens is 2. The Balaban J connectivity index is 1.30. The van der Waals surface area contributed by atoms with Gasteiger partial charge in [-0.2, -0.15) is 0 Å². The van der Waals surface area contributed by atoms with Crippen molar-refractivity contribution in [1.82, 2.24) is 19.9 Å². The van der Waals surface area contributed by atoms with Gasteiger partial charge in [0.05, 0.1) is 11.4 Å². The number of anilines is 1. The Hall–Kier alpha value is -3.97. The van der Waals surface area contributed by atoms with Gasteiger partial charge >= 0.3 is 6.09 Å². The van der Waals surface area contributed by atoms with Crippen molar-refractivity contribution in [1.29, 1.82) is 0 Å². The van der Waals surface area contributed by atoms with Crippen LogP contribution in [0.15, 0.2) is 41.3 Å². The molecule has 1 saturated carbocycles. The average Bonchev–Trinajstić information content (AvgIpc) is 3.35. The van der Waals surface area contributed by atoms with E-state index in [1.807, 2.05) is 0 Å². The van der Waals surface area contributed by atoms with Crippen LogP contribution in [0.3, 0.4) is 0 Å². The third-order valence-corrected chi connectivity index (χ3v) is 10.8. The summed E-state index contributed by atoms with van der Waals surface area (Å²) in [6.07, 6.45) is 5.64. The number of nitrogens with zero attached hydrogens (tertiary/aromatic N) is 3. The number of aryl methyl sites for hydroxylation is 1. The molecule has 3 heterocycles. The molecule has 2 amide bonds. The molecule has 2 aromatic heterocycles. The van der Waals surface area contributed by atoms with Gasteiger partial charge in [-0.05, 0) is 88.4 Å². The number of carbonyl (C=O) groups is 2. The van der Waals surface area contributed by atoms with Crippen LogP contribution in [0.5, 0.6) is 5.75 Å². The molecule has 3 aromatic rings. The summed E-state index contributed by atoms with van der Waals surface area (Å²) in [5, 5.41) is 17.4. The molecule has 43 heavy (non-hydrogen) atoms. The fraction of sp³-hybridized carbons (Fsp3) is 0.467. The van der Waals surface area contributed by atoms with E-state index in [1.165, 1.54) is 18.9 Å². The van der Waals surface area contributed by atoms with Crippen LogP contribution in [0.25, 0.3) is 0 Å². The Kier molecular flexibility index (Phi) is 9.02. The SMILES string of the molecule is Cc1ncoc1COc1cc2c(cc1F)C[Si@@H]([C@H](O)CNC(=O)c1ccnc(NC3CCC3)c1)N(C(=O)OC(C)(C)C)C2. The highest BCUT2D eigenvalue weighted by Gasteiger charge is 2.39. The lowest BCUT2D eigenvalue weighted by Gasteiger charge is -2.39. The number of aliphatic hydroxyl groups is 1. The van der Waals surface area contributed by atoms with E-state index in [-0.39, 0.29) is 37.4 Å². The van der Waals surface area contributed by atoms with Gasteiger partial charge in [-0.1, -0.05) is 0 Å². The standard InChI is InChI=1S/C30H38FN5O6Si/c1-18-25(41-17-34-18)15-40-24-11-20-14-36(29(39)42-30(2,3)4)43(16-21(20)10-23(24)31)27(37)13-33-28(38)19-8-9-32-26(12-19)35-22-6-5-7-22/h8-12,17,22,27,37,43H,5-7,13-16H2,1-4H3,(H,32,35)(H,33,38)/t27-,43-/m0/s1. The first-order valence-corrected chi connectivity index (χ1v) is 16.5. The molecule has 2 atom stereocenters. The number of hydrogen-bond donors (Lipinski definition) is 3. The fourth-order valence-corrected chi connectivity index (χ4v) is 7.92. The van der Waals surface area contributed by atoms with Crippen molar-refractivity contribution in [2.75, 3.05) is 11.9 Å². The van der Waals surface area contributed by atoms with Gasteiger partial charge in [-0.3, -0.25) is 4.79 Å². The smallest absolute Gasteiger partial charge is 0.402 e. The number of fused-ring (bicyclic) bond motifs is 1. The molecule has 0 unspecified atom stereocenters. The van der Waals surface area contributed by atoms with Gasteiger partial charge in [0.2, 0.25) is 0 Å². The van der Waals surface area contributed by atoms with Gasteiger partial charge in [0.25, 0.3) is 5.91 Å². The predicted octanol–water partition coefficient (Wildman–Crippen LogP) is 3.95. The van der Waals surface area contributed by atoms with Gasteiger partial charge in [-0.25, -0.2) is 19.2 Å². The largest absolute Gasteiger partial charge is 0.482 e. The van der Waals surface area contributed by atoms with Crippen LogP contribution in [-0.2, 0) is 23.9 Å². The topological polar surface area (TPSA) is 139 Å². The Labute approximate surface area is 251 Å². The number of hydrogen-bond acceptors (Lipinski definition) is 9. The normalized spacial score (nSPS) is 17.4. The van der Waals surface area contributed by atoms with Gasteiger partial charge < -0.3 is 34.2 Å². The Morgan fingerprint density at radius 3 is 2.70 bits per heavy atom. The number of nitrogens with one attached hydrogen (secondary N) is 2. The summed E-state index contributed by atoms with van der Waals surface area (Å²) < 4.78 is 33.3. The lowest BCUT2D eigenvalue weighted by atomic mass is 9.93. The zero-order chi connectivity index (χ0) is 30.7. The maximum Gasteiger partial charge on any atom is 0.402 e. The molecule has 1 fully saturated rings. The Morgan fingerprint density at radius 2 is 2.02 bits per heavy atom. The minimum atomic E-state index is -2.55. The number of pyridine rings is 1. The van der Waals surface area contributed by atoms with E-state index in [9.17, 15) is 14.7 Å². The van der Waals surface area contributed by atoms with Crippen LogP contribution in [0.4, 0.5) is 15.0 Å². The molecule has 1 aromatic carbocycles. The van der Waals surface area contributed by atoms with Crippen LogP contribution in [0.1, 0.15) is 73.0 Å². The van der Waals surface area contributed by atoms with Gasteiger partial charge in [0, 0.05) is 30.9 Å². The molecular formula is C30H38FN5O6Si. The molecule has 2 aliphatic rings. The summed E-state index contributed by atoms with van der Waals surface area (Å²) >= 11 is 0. The Bertz CT molecular complexity index is 1470. The molecule has 1 aliphatic carbocycles. The van der Waals surface area contributed by atoms with Crippen molar-refractivity contribution in [2.24, 2.45) is 0 Å². The fourth-order valence-electron chi connectivity index (χ4n) is 5.04. The number of rotatable bonds is 9. The first-order chi connectivity index (χ1) is 20.5. The number of benzene rings is 1. The number of aliphatic hydroxyl groups excluding tert-OH is 1. The monoisotopic (exact) mass is 611 g/mol. The van der Waals surface area contributed by atoms with E-state index in [0.29, 0.717) is 40.0 Å². The zero-order valence-corrected chi connectivity index (χ0v) is 26.0. The number of amides is 2. The quantitative estimate of drug-likeness (QED) is 0.307. The summed E-state index contributed by atoms with van der Waals surface area (Å²) in [5.74, 6) is 0.231. The molecule has 230 valence electrons. The maximum atomic E-state index is 15.1. The summed E-state index contributed by atoms with van der Waals surface area (Å²) in [6.45, 7) is 7.12. The molecule has 0 radical (unpaired) electrons. The van der Waals surface area contributed by atoms with E-state index in [0.717, 1.165) is 12.8 Å². The van der Waals surface area contributed by atoms with Crippen LogP contribution in [0, 0.1) is 12.7 Å². The molecular weight excluding hydrogens is 573 g/mol. The minimum Gasteiger partial charge on any atom is -0.482 e. The third kappa shape index (κ3) is 7.52. The van der Waals surface area contributed by atoms with Crippen molar-refractivity contribution < 1.29 is 33.0 Å². The van der Waals surface area contributed by atoms with E-state index in [2.05, 4.69) is 20.6 Å². The molecule has 3 N–H and O–H groups in total. The van der Waals surface area contributed by atoms with E-state index in [1.54, 1.807) is 56.7 Å². The summed E-state index contributed by atoms with van der Waals surface area (Å²) in [6, 6.07) is 6.93. The number of oxazole rings is 1. The highest BCUT2D eigenvalue weighted by atomic mass is 28.3. The van der Waals surface area contributed by atoms with Crippen molar-refractivity contribution >= 4 is 26.8 Å². The van der Waals surface area contributed by atoms with Crippen LogP contribution in [-0.4, -0.2) is 64.5 Å². The molecule has 11 nitrogen and oxygen atoms in total. The molecule has 0 spiro atoms. The summed E-state index contributed by atoms with van der Waals surface area (Å²) in [4.78, 5) is 34.6. The van der Waals surface area contributed by atoms with Crippen molar-refractivity contribution in [2.45, 2.75) is 83.5 Å². The molecule has 13 heteroatoms. The molecule has 0 bridgehead atoms. The zero-order valence-electron chi connectivity index (χ0n) is 24.9. The summed E-state index contributed by atoms with van der Waals surface area (Å²) in [5.41, 5.74) is 0.669. The third-order valence-electron chi connectivity index (χ3n) is 7.65. The van der Waals surface area contributed by atoms with Gasteiger partial charge in [-0.15, -0.1) is 0 Å². The van der Waals surface area contributed by atoms with Gasteiger partial charge in [0.15, 0.2) is 32.7 Å². The van der Waals surface area contributed by atoms with E-state index < -0.39 is 32.2 Å². The van der Waals surface area contributed by atoms with Crippen molar-refractivity contribution in [3.05, 3.63) is 70.8 Å². The second-order valence-electron chi connectivity index (χ2n) is 12.1. The number of carbonyl (C=O) groups excluding carboxylic acids is 2. The first kappa shape index (κ1) is 30.5. The van der Waals surface area contributed by atoms with Crippen LogP contribution < -0.4 is 15.4 Å². The molecule has 0 saturated heterocycles. The highest BCUT2D eigenvalue weighted by molar-refractivity contribution is 6.59. The average molecular weight is 612 g/mol. The second kappa shape index (κ2) is 12.7. The van der Waals surface area contributed by atoms with E-state index >= 15 is 4.39 Å². The predicted molar refractivity (Wildman–Crippen MR) is 158 cm³/mol. The van der Waals surface area contributed by atoms with Crippen LogP contribution in [0.2, 0.25) is 0 Å². The maximum absolute atomic E-state index is 15.1. The molecule has 5 rings (SSSR count). The number of ether oxygens (including phenoxy) is 2. The van der Waals surface area contributed by atoms with Crippen molar-refractivity contribution in [3.8, 4) is 5.75 Å². The Morgan fingerprint density at radius 1 is 1.23 bits per heavy atom. The van der Waals surface area contributed by atoms with Gasteiger partial charge in [0.1, 0.15) is 18.0 Å². The second-order valence-corrected chi connectivity index (χ2v) is 15.0. The van der Waals surface area contributed by atoms with E-state index in [4.69, 9.17) is 13.9 Å². The molecule has 1 aliphatic heterocycles. The number of halogens is 1. The van der Waals surface area contributed by atoms with Crippen LogP contribution >= 0.6 is 0 Å². The summed E-state index contributed by atoms with van der Waals surface area (Å²) in [7, 11) is -2.55. The first-order valence-electron chi connectivity index (χ1n) is 14.5. The highest BCUT2D eigenvalue weighted by Crippen LogP contribution is 2.31. The lowest BCUT2D eigenvalue weighted by molar-refractivity contribution is 0.0350. The minimum absolute atomic E-state index is 0.00270. The lowest BCUT2D eigenvalue weighted by Crippen LogP contribution is -2.58.